The van der Waals surface area contributed by atoms with Crippen LogP contribution in [0.4, 0.5) is 5.69 Å². The second kappa shape index (κ2) is 6.12. The Bertz CT molecular complexity index is 944. The molecule has 0 saturated carbocycles. The summed E-state index contributed by atoms with van der Waals surface area (Å²) in [5, 5.41) is 0.770. The molecule has 1 aliphatic carbocycles. The van der Waals surface area contributed by atoms with Crippen LogP contribution in [0.25, 0.3) is 11.0 Å². The van der Waals surface area contributed by atoms with Crippen molar-refractivity contribution in [3.8, 4) is 5.75 Å². The maximum absolute atomic E-state index is 12.2. The van der Waals surface area contributed by atoms with Gasteiger partial charge in [0.1, 0.15) is 11.3 Å². The van der Waals surface area contributed by atoms with E-state index in [0.717, 1.165) is 36.5 Å². The molecule has 24 heavy (non-hydrogen) atoms. The third-order valence-corrected chi connectivity index (χ3v) is 4.57. The fourth-order valence-corrected chi connectivity index (χ4v) is 3.66. The van der Waals surface area contributed by atoms with Gasteiger partial charge in [-0.15, -0.1) is 0 Å². The van der Waals surface area contributed by atoms with Crippen molar-refractivity contribution in [2.24, 2.45) is 0 Å². The van der Waals surface area contributed by atoms with Crippen LogP contribution >= 0.6 is 0 Å². The lowest BCUT2D eigenvalue weighted by Crippen LogP contribution is -2.17. The number of hydrogen-bond donors (Lipinski definition) is 1. The maximum atomic E-state index is 12.2. The number of ether oxygens (including phenoxy) is 1. The van der Waals surface area contributed by atoms with Crippen LogP contribution in [0.2, 0.25) is 0 Å². The van der Waals surface area contributed by atoms with Gasteiger partial charge >= 0.3 is 5.63 Å². The van der Waals surface area contributed by atoms with Crippen molar-refractivity contribution in [1.82, 2.24) is 0 Å². The molecule has 2 aromatic rings. The van der Waals surface area contributed by atoms with E-state index in [0.29, 0.717) is 29.0 Å². The van der Waals surface area contributed by atoms with Gasteiger partial charge in [0.15, 0.2) is 0 Å². The van der Waals surface area contributed by atoms with Gasteiger partial charge in [-0.25, -0.2) is 13.2 Å². The van der Waals surface area contributed by atoms with Crippen molar-refractivity contribution in [3.63, 3.8) is 0 Å². The van der Waals surface area contributed by atoms with Crippen LogP contribution in [0, 0.1) is 0 Å². The molecule has 0 amide bonds. The Morgan fingerprint density at radius 1 is 1.17 bits per heavy atom. The van der Waals surface area contributed by atoms with Gasteiger partial charge in [0.05, 0.1) is 18.0 Å². The summed E-state index contributed by atoms with van der Waals surface area (Å²) in [4.78, 5) is 12.2. The minimum absolute atomic E-state index is 0.146. The van der Waals surface area contributed by atoms with Crippen molar-refractivity contribution in [2.75, 3.05) is 11.0 Å². The van der Waals surface area contributed by atoms with Gasteiger partial charge in [-0.1, -0.05) is 0 Å². The van der Waals surface area contributed by atoms with Crippen molar-refractivity contribution in [3.05, 3.63) is 33.7 Å². The molecule has 1 N–H and O–H groups in total. The quantitative estimate of drug-likeness (QED) is 0.856. The van der Waals surface area contributed by atoms with E-state index in [9.17, 15) is 13.2 Å². The summed E-state index contributed by atoms with van der Waals surface area (Å²) in [6, 6.07) is 3.31. The van der Waals surface area contributed by atoms with Crippen molar-refractivity contribution >= 4 is 26.7 Å². The highest BCUT2D eigenvalue weighted by molar-refractivity contribution is 7.92. The van der Waals surface area contributed by atoms with Gasteiger partial charge in [-0.05, 0) is 51.2 Å². The van der Waals surface area contributed by atoms with E-state index in [1.807, 2.05) is 13.8 Å². The molecule has 0 atom stereocenters. The zero-order valence-electron chi connectivity index (χ0n) is 14.0. The first-order valence-corrected chi connectivity index (χ1v) is 9.91. The van der Waals surface area contributed by atoms with Crippen molar-refractivity contribution in [1.29, 1.82) is 0 Å². The fraction of sp³-hybridized carbons (Fsp3) is 0.471. The molecule has 0 aliphatic heterocycles. The van der Waals surface area contributed by atoms with E-state index in [4.69, 9.17) is 9.15 Å². The molecule has 0 bridgehead atoms. The Kier molecular flexibility index (Phi) is 4.29. The highest BCUT2D eigenvalue weighted by atomic mass is 32.2. The van der Waals surface area contributed by atoms with Crippen LogP contribution in [0.3, 0.4) is 0 Å². The molecule has 0 spiro atoms. The van der Waals surface area contributed by atoms with Crippen molar-refractivity contribution < 1.29 is 17.6 Å². The summed E-state index contributed by atoms with van der Waals surface area (Å²) < 4.78 is 37.0. The SMILES string of the molecule is CC(C)Oc1cc2oc(=O)c3c(c2cc1NS(C)(=O)=O)CCCC3. The van der Waals surface area contributed by atoms with E-state index in [1.165, 1.54) is 0 Å². The van der Waals surface area contributed by atoms with Gasteiger partial charge in [0, 0.05) is 17.0 Å². The van der Waals surface area contributed by atoms with Gasteiger partial charge in [0.2, 0.25) is 10.0 Å². The Morgan fingerprint density at radius 2 is 1.83 bits per heavy atom. The largest absolute Gasteiger partial charge is 0.489 e. The van der Waals surface area contributed by atoms with E-state index in [2.05, 4.69) is 4.72 Å². The summed E-state index contributed by atoms with van der Waals surface area (Å²) in [5.74, 6) is 0.349. The summed E-state index contributed by atoms with van der Waals surface area (Å²) in [6.45, 7) is 3.69. The number of anilines is 1. The monoisotopic (exact) mass is 351 g/mol. The van der Waals surface area contributed by atoms with E-state index < -0.39 is 10.0 Å². The molecule has 1 aromatic heterocycles. The minimum Gasteiger partial charge on any atom is -0.489 e. The third kappa shape index (κ3) is 3.40. The molecule has 0 radical (unpaired) electrons. The normalized spacial score (nSPS) is 14.7. The van der Waals surface area contributed by atoms with Crippen molar-refractivity contribution in [2.45, 2.75) is 45.6 Å². The Morgan fingerprint density at radius 3 is 2.46 bits per heavy atom. The molecule has 7 heteroatoms. The Labute approximate surface area is 140 Å². The van der Waals surface area contributed by atoms with Crippen LogP contribution in [0.5, 0.6) is 5.75 Å². The lowest BCUT2D eigenvalue weighted by molar-refractivity contribution is 0.244. The highest BCUT2D eigenvalue weighted by Crippen LogP contribution is 2.35. The second-order valence-corrected chi connectivity index (χ2v) is 8.19. The van der Waals surface area contributed by atoms with Gasteiger partial charge in [0.25, 0.3) is 0 Å². The predicted molar refractivity (Wildman–Crippen MR) is 93.4 cm³/mol. The molecule has 130 valence electrons. The van der Waals surface area contributed by atoms with Crippen LogP contribution in [0.1, 0.15) is 37.8 Å². The van der Waals surface area contributed by atoms with E-state index in [1.54, 1.807) is 12.1 Å². The second-order valence-electron chi connectivity index (χ2n) is 6.44. The molecule has 6 nitrogen and oxygen atoms in total. The molecule has 3 rings (SSSR count). The van der Waals surface area contributed by atoms with Gasteiger partial charge in [-0.3, -0.25) is 4.72 Å². The molecule has 0 saturated heterocycles. The molecule has 0 fully saturated rings. The van der Waals surface area contributed by atoms with Gasteiger partial charge in [-0.2, -0.15) is 0 Å². The highest BCUT2D eigenvalue weighted by Gasteiger charge is 2.21. The van der Waals surface area contributed by atoms with E-state index >= 15 is 0 Å². The number of fused-ring (bicyclic) bond motifs is 3. The van der Waals surface area contributed by atoms with Crippen LogP contribution < -0.4 is 15.1 Å². The van der Waals surface area contributed by atoms with Crippen LogP contribution in [0.15, 0.2) is 21.3 Å². The van der Waals surface area contributed by atoms with Gasteiger partial charge < -0.3 is 9.15 Å². The first-order valence-electron chi connectivity index (χ1n) is 8.01. The van der Waals surface area contributed by atoms with E-state index in [-0.39, 0.29) is 11.7 Å². The molecule has 0 unspecified atom stereocenters. The summed E-state index contributed by atoms with van der Waals surface area (Å²) in [5.41, 5.74) is 2.14. The maximum Gasteiger partial charge on any atom is 0.339 e. The molecule has 1 aliphatic rings. The van der Waals surface area contributed by atoms with Crippen LogP contribution in [-0.4, -0.2) is 20.8 Å². The average Bonchev–Trinajstić information content (AvgIpc) is 2.47. The molecule has 1 aromatic carbocycles. The zero-order chi connectivity index (χ0) is 17.5. The third-order valence-electron chi connectivity index (χ3n) is 3.98. The summed E-state index contributed by atoms with van der Waals surface area (Å²) >= 11 is 0. The molecular formula is C17H21NO5S. The summed E-state index contributed by atoms with van der Waals surface area (Å²) in [7, 11) is -3.46. The lowest BCUT2D eigenvalue weighted by Gasteiger charge is -2.19. The number of sulfonamides is 1. The first-order chi connectivity index (χ1) is 11.2. The smallest absolute Gasteiger partial charge is 0.339 e. The zero-order valence-corrected chi connectivity index (χ0v) is 14.8. The van der Waals surface area contributed by atoms with Crippen LogP contribution in [-0.2, 0) is 22.9 Å². The number of benzene rings is 1. The minimum atomic E-state index is -3.46. The number of rotatable bonds is 4. The first kappa shape index (κ1) is 16.8. The Balaban J connectivity index is 2.26. The number of nitrogens with one attached hydrogen (secondary N) is 1. The topological polar surface area (TPSA) is 85.6 Å². The number of aryl methyl sites for hydroxylation is 1. The lowest BCUT2D eigenvalue weighted by atomic mass is 9.90. The molecule has 1 heterocycles. The fourth-order valence-electron chi connectivity index (χ4n) is 3.10. The predicted octanol–water partition coefficient (Wildman–Crippen LogP) is 2.83. The number of hydrogen-bond acceptors (Lipinski definition) is 5. The average molecular weight is 351 g/mol. The molecular weight excluding hydrogens is 330 g/mol. The summed E-state index contributed by atoms with van der Waals surface area (Å²) in [6.07, 6.45) is 4.41. The standard InChI is InChI=1S/C17H21NO5S/c1-10(2)22-16-9-15-13(8-14(16)18-24(3,20)21)11-6-4-5-7-12(11)17(19)23-15/h8-10,18H,4-7H2,1-3H3. The Hall–Kier alpha value is -2.02.